The largest absolute Gasteiger partial charge is 0.497 e. The number of para-hydroxylation sites is 1. The molecule has 0 aromatic heterocycles. The van der Waals surface area contributed by atoms with Gasteiger partial charge in [0.25, 0.3) is 5.91 Å². The average Bonchev–Trinajstić information content (AvgIpc) is 3.34. The Bertz CT molecular complexity index is 966. The molecule has 0 N–H and O–H groups in total. The molecule has 1 amide bonds. The van der Waals surface area contributed by atoms with Gasteiger partial charge in [0.1, 0.15) is 18.1 Å². The van der Waals surface area contributed by atoms with Crippen LogP contribution in [-0.2, 0) is 0 Å². The minimum atomic E-state index is -0.100. The van der Waals surface area contributed by atoms with Crippen molar-refractivity contribution < 1.29 is 14.3 Å². The van der Waals surface area contributed by atoms with Gasteiger partial charge >= 0.3 is 0 Å². The second kappa shape index (κ2) is 10.1. The molecule has 0 atom stereocenters. The highest BCUT2D eigenvalue weighted by Gasteiger charge is 2.20. The summed E-state index contributed by atoms with van der Waals surface area (Å²) < 4.78 is 11.1. The number of anilines is 2. The maximum atomic E-state index is 13.4. The lowest BCUT2D eigenvalue weighted by Crippen LogP contribution is -2.26. The normalized spacial score (nSPS) is 13.7. The Morgan fingerprint density at radius 2 is 1.45 bits per heavy atom. The van der Waals surface area contributed by atoms with Crippen LogP contribution in [0.25, 0.3) is 0 Å². The van der Waals surface area contributed by atoms with Gasteiger partial charge in [0.15, 0.2) is 0 Å². The fourth-order valence-electron chi connectivity index (χ4n) is 3.81. The summed E-state index contributed by atoms with van der Waals surface area (Å²) in [7, 11) is 1.61. The number of ether oxygens (including phenoxy) is 2. The molecular formula is C26H28N2O3. The first-order valence-electron chi connectivity index (χ1n) is 10.7. The zero-order valence-electron chi connectivity index (χ0n) is 17.9. The fourth-order valence-corrected chi connectivity index (χ4v) is 3.81. The van der Waals surface area contributed by atoms with Crippen molar-refractivity contribution in [2.24, 2.45) is 0 Å². The third-order valence-corrected chi connectivity index (χ3v) is 5.52. The molecule has 0 aliphatic carbocycles. The number of hydrogen-bond acceptors (Lipinski definition) is 4. The van der Waals surface area contributed by atoms with Gasteiger partial charge in [-0.1, -0.05) is 18.2 Å². The highest BCUT2D eigenvalue weighted by Crippen LogP contribution is 2.29. The first kappa shape index (κ1) is 20.9. The summed E-state index contributed by atoms with van der Waals surface area (Å²) in [5, 5.41) is 0. The molecule has 3 aromatic rings. The van der Waals surface area contributed by atoms with Crippen molar-refractivity contribution in [1.29, 1.82) is 0 Å². The van der Waals surface area contributed by atoms with Crippen LogP contribution in [0.5, 0.6) is 11.5 Å². The van der Waals surface area contributed by atoms with Gasteiger partial charge in [-0.05, 0) is 86.6 Å². The maximum Gasteiger partial charge on any atom is 0.262 e. The molecule has 1 heterocycles. The molecule has 0 saturated carbocycles. The second-order valence-corrected chi connectivity index (χ2v) is 7.60. The number of methoxy groups -OCH3 is 1. The lowest BCUT2D eigenvalue weighted by Gasteiger charge is -2.23. The van der Waals surface area contributed by atoms with Crippen molar-refractivity contribution in [3.8, 4) is 11.5 Å². The first-order chi connectivity index (χ1) is 15.2. The molecule has 0 spiro atoms. The van der Waals surface area contributed by atoms with Gasteiger partial charge in [-0.15, -0.1) is 0 Å². The van der Waals surface area contributed by atoms with E-state index in [2.05, 4.69) is 4.90 Å². The fraction of sp³-hybridized carbons (Fsp3) is 0.269. The SMILES string of the molecule is COc1ccc(C(=O)N(c2ccccc2)c2ccc(OCCN3CCCC3)cc2)cc1. The van der Waals surface area contributed by atoms with E-state index >= 15 is 0 Å². The number of amides is 1. The van der Waals surface area contributed by atoms with Crippen molar-refractivity contribution in [3.05, 3.63) is 84.4 Å². The predicted octanol–water partition coefficient (Wildman–Crippen LogP) is 5.15. The van der Waals surface area contributed by atoms with Crippen LogP contribution in [0.2, 0.25) is 0 Å². The highest BCUT2D eigenvalue weighted by atomic mass is 16.5. The van der Waals surface area contributed by atoms with Gasteiger partial charge in [0.2, 0.25) is 0 Å². The van der Waals surface area contributed by atoms with E-state index in [9.17, 15) is 4.79 Å². The third-order valence-electron chi connectivity index (χ3n) is 5.52. The molecule has 1 aliphatic rings. The van der Waals surface area contributed by atoms with E-state index in [4.69, 9.17) is 9.47 Å². The molecule has 31 heavy (non-hydrogen) atoms. The standard InChI is InChI=1S/C26H28N2O3/c1-30-24-13-9-21(10-14-24)26(29)28(22-7-3-2-4-8-22)23-11-15-25(16-12-23)31-20-19-27-17-5-6-18-27/h2-4,7-16H,5-6,17-20H2,1H3. The van der Waals surface area contributed by atoms with Crippen molar-refractivity contribution in [2.75, 3.05) is 38.3 Å². The van der Waals surface area contributed by atoms with Crippen LogP contribution in [0.4, 0.5) is 11.4 Å². The van der Waals surface area contributed by atoms with E-state index < -0.39 is 0 Å². The van der Waals surface area contributed by atoms with E-state index in [0.717, 1.165) is 29.4 Å². The maximum absolute atomic E-state index is 13.4. The van der Waals surface area contributed by atoms with E-state index in [0.29, 0.717) is 12.2 Å². The van der Waals surface area contributed by atoms with Crippen LogP contribution >= 0.6 is 0 Å². The smallest absolute Gasteiger partial charge is 0.262 e. The predicted molar refractivity (Wildman–Crippen MR) is 124 cm³/mol. The van der Waals surface area contributed by atoms with Gasteiger partial charge in [-0.25, -0.2) is 0 Å². The van der Waals surface area contributed by atoms with E-state index in [-0.39, 0.29) is 5.91 Å². The molecule has 5 nitrogen and oxygen atoms in total. The number of nitrogens with zero attached hydrogens (tertiary/aromatic N) is 2. The van der Waals surface area contributed by atoms with Crippen LogP contribution in [-0.4, -0.2) is 44.2 Å². The van der Waals surface area contributed by atoms with E-state index in [1.807, 2.05) is 54.6 Å². The summed E-state index contributed by atoms with van der Waals surface area (Å²) in [4.78, 5) is 17.5. The Morgan fingerprint density at radius 3 is 2.10 bits per heavy atom. The summed E-state index contributed by atoms with van der Waals surface area (Å²) >= 11 is 0. The number of rotatable bonds is 8. The van der Waals surface area contributed by atoms with E-state index in [1.165, 1.54) is 25.9 Å². The van der Waals surface area contributed by atoms with Crippen LogP contribution in [0.1, 0.15) is 23.2 Å². The Labute approximate surface area is 183 Å². The van der Waals surface area contributed by atoms with Crippen molar-refractivity contribution in [1.82, 2.24) is 4.90 Å². The molecular weight excluding hydrogens is 388 g/mol. The molecule has 5 heteroatoms. The van der Waals surface area contributed by atoms with Crippen molar-refractivity contribution >= 4 is 17.3 Å². The molecule has 1 aliphatic heterocycles. The average molecular weight is 417 g/mol. The third kappa shape index (κ3) is 5.25. The van der Waals surface area contributed by atoms with Crippen LogP contribution in [0, 0.1) is 0 Å². The number of benzene rings is 3. The van der Waals surface area contributed by atoms with Crippen molar-refractivity contribution in [2.45, 2.75) is 12.8 Å². The summed E-state index contributed by atoms with van der Waals surface area (Å²) in [6.45, 7) is 3.96. The first-order valence-corrected chi connectivity index (χ1v) is 10.7. The molecule has 4 rings (SSSR count). The number of likely N-dealkylation sites (tertiary alicyclic amines) is 1. The van der Waals surface area contributed by atoms with Crippen LogP contribution < -0.4 is 14.4 Å². The van der Waals surface area contributed by atoms with Crippen LogP contribution in [0.15, 0.2) is 78.9 Å². The molecule has 3 aromatic carbocycles. The van der Waals surface area contributed by atoms with Gasteiger partial charge in [0, 0.05) is 23.5 Å². The minimum absolute atomic E-state index is 0.100. The minimum Gasteiger partial charge on any atom is -0.497 e. The zero-order chi connectivity index (χ0) is 21.5. The zero-order valence-corrected chi connectivity index (χ0v) is 17.9. The van der Waals surface area contributed by atoms with Gasteiger partial charge in [-0.2, -0.15) is 0 Å². The summed E-state index contributed by atoms with van der Waals surface area (Å²) in [6, 6.07) is 24.5. The quantitative estimate of drug-likeness (QED) is 0.509. The number of carbonyl (C=O) groups is 1. The lowest BCUT2D eigenvalue weighted by molar-refractivity contribution is 0.0999. The lowest BCUT2D eigenvalue weighted by atomic mass is 10.1. The van der Waals surface area contributed by atoms with Gasteiger partial charge < -0.3 is 9.47 Å². The van der Waals surface area contributed by atoms with Gasteiger partial charge in [-0.3, -0.25) is 14.6 Å². The number of carbonyl (C=O) groups excluding carboxylic acids is 1. The molecule has 0 radical (unpaired) electrons. The molecule has 1 fully saturated rings. The monoisotopic (exact) mass is 416 g/mol. The molecule has 0 bridgehead atoms. The summed E-state index contributed by atoms with van der Waals surface area (Å²) in [6.07, 6.45) is 2.57. The van der Waals surface area contributed by atoms with E-state index in [1.54, 1.807) is 36.3 Å². The molecule has 1 saturated heterocycles. The van der Waals surface area contributed by atoms with Crippen molar-refractivity contribution in [3.63, 3.8) is 0 Å². The summed E-state index contributed by atoms with van der Waals surface area (Å²) in [5.41, 5.74) is 2.19. The Hall–Kier alpha value is -3.31. The highest BCUT2D eigenvalue weighted by molar-refractivity contribution is 6.10. The topological polar surface area (TPSA) is 42.0 Å². The Balaban J connectivity index is 1.51. The molecule has 0 unspecified atom stereocenters. The Morgan fingerprint density at radius 1 is 0.839 bits per heavy atom. The number of hydrogen-bond donors (Lipinski definition) is 0. The van der Waals surface area contributed by atoms with Gasteiger partial charge in [0.05, 0.1) is 7.11 Å². The molecule has 160 valence electrons. The summed E-state index contributed by atoms with van der Waals surface area (Å²) in [5.74, 6) is 1.43. The van der Waals surface area contributed by atoms with Crippen LogP contribution in [0.3, 0.4) is 0 Å². The Kier molecular flexibility index (Phi) is 6.85. The second-order valence-electron chi connectivity index (χ2n) is 7.60.